The van der Waals surface area contributed by atoms with Gasteiger partial charge in [0.15, 0.2) is 0 Å². The van der Waals surface area contributed by atoms with Gasteiger partial charge in [0.05, 0.1) is 0 Å². The summed E-state index contributed by atoms with van der Waals surface area (Å²) in [5.41, 5.74) is 5.58. The average molecular weight is 258 g/mol. The maximum absolute atomic E-state index is 5.58. The molecule has 0 spiro atoms. The molecular formula is C10H16BrN3. The molecule has 78 valence electrons. The highest BCUT2D eigenvalue weighted by atomic mass is 79.9. The first-order chi connectivity index (χ1) is 6.63. The third-order valence-electron chi connectivity index (χ3n) is 2.33. The van der Waals surface area contributed by atoms with E-state index in [1.807, 2.05) is 12.1 Å². The first-order valence-corrected chi connectivity index (χ1v) is 5.51. The number of rotatable bonds is 4. The Bertz CT molecular complexity index is 273. The first kappa shape index (κ1) is 11.5. The minimum absolute atomic E-state index is 0.341. The highest BCUT2D eigenvalue weighted by Gasteiger charge is 2.09. The third kappa shape index (κ3) is 3.27. The van der Waals surface area contributed by atoms with Crippen molar-refractivity contribution in [3.05, 3.63) is 22.8 Å². The van der Waals surface area contributed by atoms with Crippen LogP contribution in [0, 0.1) is 5.92 Å². The maximum atomic E-state index is 5.58. The van der Waals surface area contributed by atoms with Gasteiger partial charge in [0.25, 0.3) is 0 Å². The van der Waals surface area contributed by atoms with Crippen LogP contribution in [0.25, 0.3) is 0 Å². The van der Waals surface area contributed by atoms with E-state index in [0.717, 1.165) is 10.3 Å². The SMILES string of the molecule is CC(CN)C(C)Nc1ccc(Br)cn1. The molecule has 3 N–H and O–H groups in total. The van der Waals surface area contributed by atoms with Gasteiger partial charge in [-0.15, -0.1) is 0 Å². The van der Waals surface area contributed by atoms with Crippen molar-refractivity contribution in [1.82, 2.24) is 4.98 Å². The van der Waals surface area contributed by atoms with E-state index in [-0.39, 0.29) is 0 Å². The summed E-state index contributed by atoms with van der Waals surface area (Å²) >= 11 is 3.34. The van der Waals surface area contributed by atoms with Crippen molar-refractivity contribution in [2.45, 2.75) is 19.9 Å². The zero-order valence-corrected chi connectivity index (χ0v) is 10.1. The summed E-state index contributed by atoms with van der Waals surface area (Å²) in [7, 11) is 0. The lowest BCUT2D eigenvalue weighted by Crippen LogP contribution is -2.29. The summed E-state index contributed by atoms with van der Waals surface area (Å²) < 4.78 is 0.988. The fourth-order valence-corrected chi connectivity index (χ4v) is 1.28. The van der Waals surface area contributed by atoms with Crippen LogP contribution in [-0.4, -0.2) is 17.6 Å². The van der Waals surface area contributed by atoms with Crippen LogP contribution in [0.1, 0.15) is 13.8 Å². The molecule has 0 aromatic carbocycles. The zero-order chi connectivity index (χ0) is 10.6. The molecule has 0 amide bonds. The molecule has 4 heteroatoms. The standard InChI is InChI=1S/C10H16BrN3/c1-7(5-12)8(2)14-10-4-3-9(11)6-13-10/h3-4,6-8H,5,12H2,1-2H3,(H,13,14). The number of nitrogens with zero attached hydrogens (tertiary/aromatic N) is 1. The van der Waals surface area contributed by atoms with Gasteiger partial charge in [-0.1, -0.05) is 6.92 Å². The van der Waals surface area contributed by atoms with Crippen molar-refractivity contribution in [3.8, 4) is 0 Å². The molecule has 1 heterocycles. The second kappa shape index (κ2) is 5.32. The molecular weight excluding hydrogens is 242 g/mol. The van der Waals surface area contributed by atoms with E-state index >= 15 is 0 Å². The summed E-state index contributed by atoms with van der Waals surface area (Å²) in [6, 6.07) is 4.26. The van der Waals surface area contributed by atoms with Gasteiger partial charge < -0.3 is 11.1 Å². The Morgan fingerprint density at radius 1 is 1.50 bits per heavy atom. The van der Waals surface area contributed by atoms with Crippen LogP contribution in [0.5, 0.6) is 0 Å². The number of hydrogen-bond acceptors (Lipinski definition) is 3. The van der Waals surface area contributed by atoms with Gasteiger partial charge in [-0.05, 0) is 47.4 Å². The van der Waals surface area contributed by atoms with E-state index in [1.165, 1.54) is 0 Å². The highest BCUT2D eigenvalue weighted by molar-refractivity contribution is 9.10. The second-order valence-electron chi connectivity index (χ2n) is 3.51. The van der Waals surface area contributed by atoms with Gasteiger partial charge in [0, 0.05) is 16.7 Å². The lowest BCUT2D eigenvalue weighted by atomic mass is 10.0. The quantitative estimate of drug-likeness (QED) is 0.870. The monoisotopic (exact) mass is 257 g/mol. The van der Waals surface area contributed by atoms with E-state index in [9.17, 15) is 0 Å². The number of anilines is 1. The lowest BCUT2D eigenvalue weighted by Gasteiger charge is -2.20. The van der Waals surface area contributed by atoms with Gasteiger partial charge in [-0.3, -0.25) is 0 Å². The molecule has 0 bridgehead atoms. The molecule has 0 saturated heterocycles. The zero-order valence-electron chi connectivity index (χ0n) is 8.50. The largest absolute Gasteiger partial charge is 0.367 e. The summed E-state index contributed by atoms with van der Waals surface area (Å²) in [5, 5.41) is 3.31. The molecule has 1 aromatic rings. The predicted molar refractivity (Wildman–Crippen MR) is 63.2 cm³/mol. The number of aromatic nitrogens is 1. The van der Waals surface area contributed by atoms with Crippen molar-refractivity contribution in [3.63, 3.8) is 0 Å². The smallest absolute Gasteiger partial charge is 0.126 e. The number of hydrogen-bond donors (Lipinski definition) is 2. The van der Waals surface area contributed by atoms with E-state index in [0.29, 0.717) is 18.5 Å². The van der Waals surface area contributed by atoms with Crippen LogP contribution in [0.2, 0.25) is 0 Å². The van der Waals surface area contributed by atoms with Crippen molar-refractivity contribution in [2.75, 3.05) is 11.9 Å². The van der Waals surface area contributed by atoms with Gasteiger partial charge in [0.2, 0.25) is 0 Å². The molecule has 0 aliphatic heterocycles. The van der Waals surface area contributed by atoms with Crippen LogP contribution in [-0.2, 0) is 0 Å². The van der Waals surface area contributed by atoms with Crippen molar-refractivity contribution >= 4 is 21.7 Å². The van der Waals surface area contributed by atoms with Crippen molar-refractivity contribution < 1.29 is 0 Å². The van der Waals surface area contributed by atoms with Gasteiger partial charge >= 0.3 is 0 Å². The Kier molecular flexibility index (Phi) is 4.35. The number of nitrogens with one attached hydrogen (secondary N) is 1. The Morgan fingerprint density at radius 2 is 2.21 bits per heavy atom. The number of halogens is 1. The number of pyridine rings is 1. The Morgan fingerprint density at radius 3 is 2.71 bits per heavy atom. The first-order valence-electron chi connectivity index (χ1n) is 4.71. The van der Waals surface area contributed by atoms with Crippen LogP contribution in [0.15, 0.2) is 22.8 Å². The Labute approximate surface area is 93.2 Å². The molecule has 3 nitrogen and oxygen atoms in total. The fraction of sp³-hybridized carbons (Fsp3) is 0.500. The Balaban J connectivity index is 2.56. The Hall–Kier alpha value is -0.610. The lowest BCUT2D eigenvalue weighted by molar-refractivity contribution is 0.520. The van der Waals surface area contributed by atoms with Crippen molar-refractivity contribution in [2.24, 2.45) is 11.7 Å². The van der Waals surface area contributed by atoms with Crippen LogP contribution >= 0.6 is 15.9 Å². The molecule has 2 atom stereocenters. The molecule has 1 aromatic heterocycles. The van der Waals surface area contributed by atoms with E-state index in [4.69, 9.17) is 5.73 Å². The second-order valence-corrected chi connectivity index (χ2v) is 4.42. The summed E-state index contributed by atoms with van der Waals surface area (Å²) in [6.07, 6.45) is 1.78. The normalized spacial score (nSPS) is 14.9. The molecule has 0 fully saturated rings. The summed E-state index contributed by atoms with van der Waals surface area (Å²) in [4.78, 5) is 4.24. The minimum atomic E-state index is 0.341. The summed E-state index contributed by atoms with van der Waals surface area (Å²) in [6.45, 7) is 4.92. The molecule has 0 aliphatic rings. The van der Waals surface area contributed by atoms with Crippen molar-refractivity contribution in [1.29, 1.82) is 0 Å². The van der Waals surface area contributed by atoms with Gasteiger partial charge in [0.1, 0.15) is 5.82 Å². The number of nitrogens with two attached hydrogens (primary N) is 1. The molecule has 0 saturated carbocycles. The summed E-state index contributed by atoms with van der Waals surface area (Å²) in [5.74, 6) is 1.33. The topological polar surface area (TPSA) is 50.9 Å². The van der Waals surface area contributed by atoms with E-state index in [1.54, 1.807) is 6.20 Å². The molecule has 1 rings (SSSR count). The predicted octanol–water partition coefficient (Wildman–Crippen LogP) is 2.24. The average Bonchev–Trinajstić information content (AvgIpc) is 2.20. The third-order valence-corrected chi connectivity index (χ3v) is 2.80. The van der Waals surface area contributed by atoms with Crippen LogP contribution < -0.4 is 11.1 Å². The van der Waals surface area contributed by atoms with Gasteiger partial charge in [-0.25, -0.2) is 4.98 Å². The van der Waals surface area contributed by atoms with E-state index < -0.39 is 0 Å². The molecule has 0 aliphatic carbocycles. The highest BCUT2D eigenvalue weighted by Crippen LogP contribution is 2.13. The fourth-order valence-electron chi connectivity index (χ4n) is 1.04. The van der Waals surface area contributed by atoms with Crippen LogP contribution in [0.4, 0.5) is 5.82 Å². The van der Waals surface area contributed by atoms with Crippen LogP contribution in [0.3, 0.4) is 0 Å². The van der Waals surface area contributed by atoms with Gasteiger partial charge in [-0.2, -0.15) is 0 Å². The molecule has 0 radical (unpaired) electrons. The minimum Gasteiger partial charge on any atom is -0.367 e. The maximum Gasteiger partial charge on any atom is 0.126 e. The molecule has 2 unspecified atom stereocenters. The van der Waals surface area contributed by atoms with E-state index in [2.05, 4.69) is 40.1 Å². The molecule has 14 heavy (non-hydrogen) atoms.